The van der Waals surface area contributed by atoms with Crippen LogP contribution in [0.5, 0.6) is 5.75 Å². The lowest BCUT2D eigenvalue weighted by atomic mass is 9.85. The summed E-state index contributed by atoms with van der Waals surface area (Å²) in [5, 5.41) is 9.34. The van der Waals surface area contributed by atoms with Crippen LogP contribution in [0, 0.1) is 23.2 Å². The summed E-state index contributed by atoms with van der Waals surface area (Å²) in [6, 6.07) is 19.4. The number of ether oxygens (including phenoxy) is 2. The fourth-order valence-electron chi connectivity index (χ4n) is 9.62. The number of methoxy groups -OCH3 is 1. The van der Waals surface area contributed by atoms with E-state index in [0.717, 1.165) is 89.7 Å². The van der Waals surface area contributed by atoms with Gasteiger partial charge in [-0.2, -0.15) is 5.26 Å². The van der Waals surface area contributed by atoms with E-state index < -0.39 is 57.2 Å². The van der Waals surface area contributed by atoms with E-state index in [1.807, 2.05) is 24.3 Å². The molecule has 0 aromatic heterocycles. The Hall–Kier alpha value is -1.67. The Morgan fingerprint density at radius 1 is 0.761 bits per heavy atom. The number of hydrogen-bond acceptors (Lipinski definition) is 8. The van der Waals surface area contributed by atoms with E-state index in [2.05, 4.69) is 150 Å². The Kier molecular flexibility index (Phi) is 27.4. The van der Waals surface area contributed by atoms with Crippen LogP contribution < -0.4 is 4.74 Å². The average molecular weight is 1000 g/mol. The first-order chi connectivity index (χ1) is 31.2. The number of rotatable bonds is 35. The molecule has 0 aliphatic carbocycles. The number of Topliss-reactive ketones (excluding diaryl/α,β-unsaturated/α-hetero) is 1. The zero-order valence-corrected chi connectivity index (χ0v) is 51.0. The molecule has 0 saturated carbocycles. The van der Waals surface area contributed by atoms with Crippen LogP contribution in [-0.2, 0) is 33.8 Å². The first-order valence-corrected chi connectivity index (χ1v) is 37.0. The predicted molar refractivity (Wildman–Crippen MR) is 295 cm³/mol. The number of nitriles is 1. The molecule has 386 valence electrons. The van der Waals surface area contributed by atoms with Gasteiger partial charge in [0.1, 0.15) is 11.9 Å². The molecule has 67 heavy (non-hydrogen) atoms. The van der Waals surface area contributed by atoms with Crippen molar-refractivity contribution < 1.29 is 32.0 Å². The first kappa shape index (κ1) is 63.3. The van der Waals surface area contributed by atoms with Crippen LogP contribution in [0.2, 0.25) is 72.5 Å². The Morgan fingerprint density at radius 2 is 1.25 bits per heavy atom. The normalized spacial score (nSPS) is 16.9. The zero-order valence-electron chi connectivity index (χ0n) is 47.0. The van der Waals surface area contributed by atoms with Crippen molar-refractivity contribution in [3.05, 3.63) is 53.6 Å². The first-order valence-electron chi connectivity index (χ1n) is 26.5. The molecule has 7 atom stereocenters. The zero-order chi connectivity index (χ0) is 51.4. The predicted octanol–water partition coefficient (Wildman–Crippen LogP) is 16.4. The third kappa shape index (κ3) is 19.1. The monoisotopic (exact) mass is 1000 g/mol. The number of allylic oxidation sites excluding steroid dienone is 2. The lowest BCUT2D eigenvalue weighted by Crippen LogP contribution is -2.53. The Labute approximate surface area is 417 Å². The molecular weight excluding hydrogens is 899 g/mol. The van der Waals surface area contributed by atoms with E-state index >= 15 is 4.79 Å². The van der Waals surface area contributed by atoms with Gasteiger partial charge in [-0.3, -0.25) is 4.79 Å². The molecule has 0 amide bonds. The molecule has 0 aliphatic heterocycles. The molecule has 1 aromatic carbocycles. The van der Waals surface area contributed by atoms with Gasteiger partial charge in [0.2, 0.25) is 0 Å². The van der Waals surface area contributed by atoms with E-state index in [0.29, 0.717) is 12.8 Å². The maximum Gasteiger partial charge on any atom is 0.193 e. The van der Waals surface area contributed by atoms with Crippen LogP contribution in [0.1, 0.15) is 155 Å². The molecule has 0 saturated heterocycles. The largest absolute Gasteiger partial charge is 0.497 e. The number of benzene rings is 1. The fraction of sp³-hybridized carbons (Fsp3) is 0.782. The minimum absolute atomic E-state index is 0.0111. The van der Waals surface area contributed by atoms with Crippen LogP contribution in [0.4, 0.5) is 0 Å². The minimum atomic E-state index is -2.45. The topological polar surface area (TPSA) is 96.2 Å². The molecular formula is C55H103NO7Si4. The molecule has 0 heterocycles. The van der Waals surface area contributed by atoms with Gasteiger partial charge < -0.3 is 27.2 Å². The lowest BCUT2D eigenvalue weighted by molar-refractivity contribution is -0.144. The molecule has 1 aromatic rings. The highest BCUT2D eigenvalue weighted by Crippen LogP contribution is 2.42. The van der Waals surface area contributed by atoms with E-state index in [1.165, 1.54) is 0 Å². The summed E-state index contributed by atoms with van der Waals surface area (Å²) < 4.78 is 42.3. The number of nitrogens with zero attached hydrogens (tertiary/aromatic N) is 1. The number of ketones is 1. The SMILES string of the molecule is C=C(/C=C(\C)[C@@](C)(C[C@@H](CC(=O)[C@H](OCc1ccc(OC)cc1)[C@@H](O[Si](CC)(CC)CC)[C@H](C)C[C@@H](C)O[Si](CC)(CC)CC)O[Si](C)(C)C(C)(C)C)O[Si](CC)(CC)CC)C[C@@H](C)CC#N. The summed E-state index contributed by atoms with van der Waals surface area (Å²) >= 11 is 0. The molecule has 0 fully saturated rings. The third-order valence-electron chi connectivity index (χ3n) is 16.2. The molecule has 0 N–H and O–H groups in total. The number of carbonyl (C=O) groups is 1. The van der Waals surface area contributed by atoms with Gasteiger partial charge >= 0.3 is 0 Å². The van der Waals surface area contributed by atoms with Crippen LogP contribution in [0.3, 0.4) is 0 Å². The standard InChI is InChI=1S/C55H103NO7Si4/c1-22-65(23-2,24-3)60-47(14)39-45(12)52(62-66(25-4,26-5)27-6)53(59-42-48-31-33-49(58-19)34-32-48)51(57)40-50(61-64(20,21)54(15,16)17)41-55(18,63-67(28-7,29-8)30-9)46(13)38-44(11)37-43(10)35-36-56/h31-34,38,43,45,47,50,52-53H,11,22-30,35,37,39-42H2,1-10,12-21H3/b46-38+/t43-,45+,47+,50+,52-,53-,55+/m0/s1. The second kappa shape index (κ2) is 29.0. The van der Waals surface area contributed by atoms with Crippen molar-refractivity contribution in [1.29, 1.82) is 5.26 Å². The van der Waals surface area contributed by atoms with E-state index in [4.69, 9.17) is 27.2 Å². The smallest absolute Gasteiger partial charge is 0.193 e. The summed E-state index contributed by atoms with van der Waals surface area (Å²) in [5.74, 6) is 0.962. The lowest BCUT2D eigenvalue weighted by Gasteiger charge is -2.46. The van der Waals surface area contributed by atoms with Crippen molar-refractivity contribution in [2.75, 3.05) is 7.11 Å². The van der Waals surface area contributed by atoms with Crippen molar-refractivity contribution >= 4 is 39.1 Å². The maximum absolute atomic E-state index is 15.8. The van der Waals surface area contributed by atoms with Crippen molar-refractivity contribution in [3.8, 4) is 11.8 Å². The molecule has 12 heteroatoms. The van der Waals surface area contributed by atoms with Gasteiger partial charge in [-0.15, -0.1) is 0 Å². The highest BCUT2D eigenvalue weighted by atomic mass is 28.4. The third-order valence-corrected chi connectivity index (χ3v) is 34.9. The van der Waals surface area contributed by atoms with Gasteiger partial charge in [0.05, 0.1) is 37.6 Å². The van der Waals surface area contributed by atoms with Gasteiger partial charge in [0.25, 0.3) is 0 Å². The summed E-state index contributed by atoms with van der Waals surface area (Å²) in [4.78, 5) is 15.8. The Morgan fingerprint density at radius 3 is 1.70 bits per heavy atom. The molecule has 1 rings (SSSR count). The van der Waals surface area contributed by atoms with Crippen molar-refractivity contribution in [1.82, 2.24) is 0 Å². The average Bonchev–Trinajstić information content (AvgIpc) is 3.28. The second-order valence-electron chi connectivity index (χ2n) is 21.9. The molecule has 0 unspecified atom stereocenters. The summed E-state index contributed by atoms with van der Waals surface area (Å²) in [5.41, 5.74) is 2.30. The van der Waals surface area contributed by atoms with Crippen molar-refractivity contribution in [2.24, 2.45) is 11.8 Å². The van der Waals surface area contributed by atoms with Crippen LogP contribution >= 0.6 is 0 Å². The highest BCUT2D eigenvalue weighted by Gasteiger charge is 2.47. The fourth-order valence-corrected chi connectivity index (χ4v) is 20.0. The summed E-state index contributed by atoms with van der Waals surface area (Å²) in [6.45, 7) is 47.5. The van der Waals surface area contributed by atoms with E-state index in [1.54, 1.807) is 7.11 Å². The van der Waals surface area contributed by atoms with Crippen molar-refractivity contribution in [2.45, 2.75) is 259 Å². The number of hydrogen-bond donors (Lipinski definition) is 0. The van der Waals surface area contributed by atoms with Gasteiger partial charge in [-0.05, 0) is 141 Å². The van der Waals surface area contributed by atoms with Crippen LogP contribution in [-0.4, -0.2) is 76.2 Å². The second-order valence-corrected chi connectivity index (χ2v) is 40.8. The molecule has 0 bridgehead atoms. The van der Waals surface area contributed by atoms with Gasteiger partial charge in [0, 0.05) is 25.4 Å². The molecule has 0 radical (unpaired) electrons. The minimum Gasteiger partial charge on any atom is -0.497 e. The highest BCUT2D eigenvalue weighted by molar-refractivity contribution is 6.75. The maximum atomic E-state index is 15.8. The van der Waals surface area contributed by atoms with Crippen molar-refractivity contribution in [3.63, 3.8) is 0 Å². The van der Waals surface area contributed by atoms with Crippen LogP contribution in [0.15, 0.2) is 48.1 Å². The number of carbonyl (C=O) groups excluding carboxylic acids is 1. The molecule has 0 aliphatic rings. The van der Waals surface area contributed by atoms with Gasteiger partial charge in [-0.25, -0.2) is 0 Å². The Balaban J connectivity index is 4.21. The van der Waals surface area contributed by atoms with Crippen LogP contribution in [0.25, 0.3) is 0 Å². The van der Waals surface area contributed by atoms with E-state index in [-0.39, 0.29) is 41.8 Å². The Bertz CT molecular complexity index is 1650. The van der Waals surface area contributed by atoms with E-state index in [9.17, 15) is 5.26 Å². The molecule has 0 spiro atoms. The summed E-state index contributed by atoms with van der Waals surface area (Å²) in [6.07, 6.45) is 3.10. The van der Waals surface area contributed by atoms with Gasteiger partial charge in [-0.1, -0.05) is 127 Å². The summed E-state index contributed by atoms with van der Waals surface area (Å²) in [7, 11) is -7.15. The molecule has 8 nitrogen and oxygen atoms in total. The quantitative estimate of drug-likeness (QED) is 0.0490. The van der Waals surface area contributed by atoms with Gasteiger partial charge in [0.15, 0.2) is 39.1 Å².